The minimum atomic E-state index is -1.16. The highest BCUT2D eigenvalue weighted by molar-refractivity contribution is 6.03. The summed E-state index contributed by atoms with van der Waals surface area (Å²) in [7, 11) is 0. The van der Waals surface area contributed by atoms with Crippen LogP contribution >= 0.6 is 0 Å². The zero-order chi connectivity index (χ0) is 11.9. The molecule has 4 nitrogen and oxygen atoms in total. The molecule has 0 N–H and O–H groups in total. The lowest BCUT2D eigenvalue weighted by Crippen LogP contribution is -2.37. The van der Waals surface area contributed by atoms with Crippen LogP contribution in [-0.4, -0.2) is 24.6 Å². The Bertz CT molecular complexity index is 247. The third kappa shape index (κ3) is 3.46. The molecule has 0 aromatic heterocycles. The maximum Gasteiger partial charge on any atom is 0.319 e. The average molecular weight is 214 g/mol. The van der Waals surface area contributed by atoms with E-state index in [0.29, 0.717) is 6.29 Å². The van der Waals surface area contributed by atoms with Crippen LogP contribution in [0.2, 0.25) is 0 Å². The number of ketones is 1. The molecule has 0 aliphatic rings. The van der Waals surface area contributed by atoms with Gasteiger partial charge in [-0.05, 0) is 20.3 Å². The molecule has 0 unspecified atom stereocenters. The average Bonchev–Trinajstić information content (AvgIpc) is 2.24. The van der Waals surface area contributed by atoms with Gasteiger partial charge < -0.3 is 9.53 Å². The first-order valence-electron chi connectivity index (χ1n) is 5.17. The van der Waals surface area contributed by atoms with Crippen LogP contribution in [0.25, 0.3) is 0 Å². The number of aldehydes is 1. The van der Waals surface area contributed by atoms with Crippen molar-refractivity contribution in [3.8, 4) is 0 Å². The fourth-order valence-electron chi connectivity index (χ4n) is 1.38. The van der Waals surface area contributed by atoms with Gasteiger partial charge in [-0.15, -0.1) is 0 Å². The van der Waals surface area contributed by atoms with Crippen LogP contribution in [0.3, 0.4) is 0 Å². The summed E-state index contributed by atoms with van der Waals surface area (Å²) in [4.78, 5) is 33.5. The first-order valence-corrected chi connectivity index (χ1v) is 5.17. The fourth-order valence-corrected chi connectivity index (χ4v) is 1.38. The number of ether oxygens (including phenoxy) is 1. The monoisotopic (exact) mass is 214 g/mol. The molecule has 0 fully saturated rings. The molecular formula is C11H18O4. The quantitative estimate of drug-likeness (QED) is 0.366. The van der Waals surface area contributed by atoms with Crippen LogP contribution in [0.1, 0.15) is 40.0 Å². The second kappa shape index (κ2) is 6.32. The van der Waals surface area contributed by atoms with Crippen molar-refractivity contribution in [2.24, 2.45) is 5.41 Å². The summed E-state index contributed by atoms with van der Waals surface area (Å²) in [5, 5.41) is 0. The lowest BCUT2D eigenvalue weighted by atomic mass is 9.80. The molecule has 0 aliphatic heterocycles. The number of Topliss-reactive ketones (excluding diaryl/α,β-unsaturated/α-hetero) is 1. The Morgan fingerprint density at radius 3 is 2.33 bits per heavy atom. The predicted molar refractivity (Wildman–Crippen MR) is 55.3 cm³/mol. The Kier molecular flexibility index (Phi) is 5.82. The molecule has 0 saturated heterocycles. The topological polar surface area (TPSA) is 60.4 Å². The molecule has 0 spiro atoms. The normalized spacial score (nSPS) is 14.1. The van der Waals surface area contributed by atoms with E-state index in [2.05, 4.69) is 0 Å². The largest absolute Gasteiger partial charge is 0.465 e. The summed E-state index contributed by atoms with van der Waals surface area (Å²) in [6.07, 6.45) is 1.40. The minimum absolute atomic E-state index is 0.178. The maximum absolute atomic E-state index is 11.6. The molecule has 86 valence electrons. The van der Waals surface area contributed by atoms with Crippen LogP contribution < -0.4 is 0 Å². The third-order valence-corrected chi connectivity index (χ3v) is 2.42. The summed E-state index contributed by atoms with van der Waals surface area (Å²) in [5.41, 5.74) is -1.16. The molecule has 0 rings (SSSR count). The molecule has 0 amide bonds. The van der Waals surface area contributed by atoms with Crippen molar-refractivity contribution >= 4 is 18.0 Å². The zero-order valence-corrected chi connectivity index (χ0v) is 9.54. The fraction of sp³-hybridized carbons (Fsp3) is 0.727. The zero-order valence-electron chi connectivity index (χ0n) is 9.54. The molecule has 1 atom stereocenters. The molecular weight excluding hydrogens is 196 g/mol. The maximum atomic E-state index is 11.6. The second-order valence-electron chi connectivity index (χ2n) is 3.53. The molecule has 0 aliphatic carbocycles. The summed E-state index contributed by atoms with van der Waals surface area (Å²) in [5.74, 6) is -0.707. The second-order valence-corrected chi connectivity index (χ2v) is 3.53. The van der Waals surface area contributed by atoms with Gasteiger partial charge in [-0.2, -0.15) is 0 Å². The van der Waals surface area contributed by atoms with E-state index >= 15 is 0 Å². The van der Waals surface area contributed by atoms with Crippen LogP contribution in [0.5, 0.6) is 0 Å². The van der Waals surface area contributed by atoms with E-state index in [0.717, 1.165) is 0 Å². The van der Waals surface area contributed by atoms with Crippen molar-refractivity contribution in [1.82, 2.24) is 0 Å². The molecule has 0 aromatic rings. The van der Waals surface area contributed by atoms with Gasteiger partial charge in [0.05, 0.1) is 6.61 Å². The number of esters is 1. The van der Waals surface area contributed by atoms with E-state index in [-0.39, 0.29) is 31.7 Å². The predicted octanol–water partition coefficient (Wildman–Crippen LogP) is 1.51. The van der Waals surface area contributed by atoms with Crippen molar-refractivity contribution in [3.05, 3.63) is 0 Å². The molecule has 0 bridgehead atoms. The van der Waals surface area contributed by atoms with E-state index in [4.69, 9.17) is 4.74 Å². The lowest BCUT2D eigenvalue weighted by Gasteiger charge is -2.24. The van der Waals surface area contributed by atoms with Gasteiger partial charge >= 0.3 is 5.97 Å². The Labute approximate surface area is 90.0 Å². The van der Waals surface area contributed by atoms with Crippen LogP contribution in [0.4, 0.5) is 0 Å². The summed E-state index contributed by atoms with van der Waals surface area (Å²) in [6.45, 7) is 5.17. The first kappa shape index (κ1) is 13.8. The Hall–Kier alpha value is -1.19. The van der Waals surface area contributed by atoms with Gasteiger partial charge in [-0.3, -0.25) is 9.59 Å². The van der Waals surface area contributed by atoms with Gasteiger partial charge in [0.2, 0.25) is 0 Å². The molecule has 0 radical (unpaired) electrons. The Morgan fingerprint density at radius 1 is 1.33 bits per heavy atom. The van der Waals surface area contributed by atoms with E-state index < -0.39 is 11.4 Å². The van der Waals surface area contributed by atoms with Crippen molar-refractivity contribution in [2.75, 3.05) is 6.61 Å². The highest BCUT2D eigenvalue weighted by atomic mass is 16.5. The van der Waals surface area contributed by atoms with Crippen molar-refractivity contribution in [3.63, 3.8) is 0 Å². The smallest absolute Gasteiger partial charge is 0.319 e. The van der Waals surface area contributed by atoms with Crippen LogP contribution in [0.15, 0.2) is 0 Å². The van der Waals surface area contributed by atoms with E-state index in [9.17, 15) is 14.4 Å². The summed E-state index contributed by atoms with van der Waals surface area (Å²) < 4.78 is 4.85. The van der Waals surface area contributed by atoms with E-state index in [1.165, 1.54) is 0 Å². The van der Waals surface area contributed by atoms with Gasteiger partial charge in [0.25, 0.3) is 0 Å². The Balaban J connectivity index is 4.74. The number of hydrogen-bond acceptors (Lipinski definition) is 4. The SMILES string of the molecule is CCOC(=O)[C@@](C)(CCC=O)C(=O)CC. The highest BCUT2D eigenvalue weighted by Gasteiger charge is 2.40. The van der Waals surface area contributed by atoms with Gasteiger partial charge in [0.1, 0.15) is 17.5 Å². The summed E-state index contributed by atoms with van der Waals surface area (Å²) >= 11 is 0. The van der Waals surface area contributed by atoms with Crippen molar-refractivity contribution < 1.29 is 19.1 Å². The molecule has 0 saturated carbocycles. The van der Waals surface area contributed by atoms with E-state index in [1.54, 1.807) is 20.8 Å². The number of rotatable bonds is 7. The molecule has 15 heavy (non-hydrogen) atoms. The molecule has 4 heteroatoms. The standard InChI is InChI=1S/C11H18O4/c1-4-9(13)11(3,7-6-8-12)10(14)15-5-2/h8H,4-7H2,1-3H3/t11-/m0/s1. The minimum Gasteiger partial charge on any atom is -0.465 e. The highest BCUT2D eigenvalue weighted by Crippen LogP contribution is 2.27. The van der Waals surface area contributed by atoms with Gasteiger partial charge in [-0.1, -0.05) is 6.92 Å². The lowest BCUT2D eigenvalue weighted by molar-refractivity contribution is -0.159. The Morgan fingerprint density at radius 2 is 1.93 bits per heavy atom. The first-order chi connectivity index (χ1) is 7.02. The van der Waals surface area contributed by atoms with Crippen LogP contribution in [0, 0.1) is 5.41 Å². The van der Waals surface area contributed by atoms with Gasteiger partial charge in [0.15, 0.2) is 0 Å². The molecule has 0 heterocycles. The third-order valence-electron chi connectivity index (χ3n) is 2.42. The van der Waals surface area contributed by atoms with Crippen molar-refractivity contribution in [1.29, 1.82) is 0 Å². The number of hydrogen-bond donors (Lipinski definition) is 0. The van der Waals surface area contributed by atoms with Crippen molar-refractivity contribution in [2.45, 2.75) is 40.0 Å². The van der Waals surface area contributed by atoms with Gasteiger partial charge in [-0.25, -0.2) is 0 Å². The van der Waals surface area contributed by atoms with Crippen LogP contribution in [-0.2, 0) is 19.1 Å². The van der Waals surface area contributed by atoms with Gasteiger partial charge in [0, 0.05) is 12.8 Å². The molecule has 0 aromatic carbocycles. The number of carbonyl (C=O) groups excluding carboxylic acids is 3. The number of carbonyl (C=O) groups is 3. The summed E-state index contributed by atoms with van der Waals surface area (Å²) in [6, 6.07) is 0. The van der Waals surface area contributed by atoms with E-state index in [1.807, 2.05) is 0 Å².